The van der Waals surface area contributed by atoms with E-state index in [0.29, 0.717) is 36.0 Å². The highest BCUT2D eigenvalue weighted by molar-refractivity contribution is 5.97. The van der Waals surface area contributed by atoms with Crippen LogP contribution in [-0.2, 0) is 6.42 Å². The van der Waals surface area contributed by atoms with Crippen LogP contribution in [0.2, 0.25) is 0 Å². The van der Waals surface area contributed by atoms with E-state index in [4.69, 9.17) is 9.47 Å². The van der Waals surface area contributed by atoms with Gasteiger partial charge in [0.05, 0.1) is 30.7 Å². The number of ether oxygens (including phenoxy) is 2. The first kappa shape index (κ1) is 18.0. The summed E-state index contributed by atoms with van der Waals surface area (Å²) in [6.45, 7) is 3.34. The Kier molecular flexibility index (Phi) is 4.97. The predicted molar refractivity (Wildman–Crippen MR) is 106 cm³/mol. The zero-order chi connectivity index (χ0) is 19.5. The average molecular weight is 378 g/mol. The first-order valence-corrected chi connectivity index (χ1v) is 9.34. The Labute approximate surface area is 163 Å². The summed E-state index contributed by atoms with van der Waals surface area (Å²) in [4.78, 5) is 24.4. The van der Waals surface area contributed by atoms with E-state index in [2.05, 4.69) is 27.2 Å². The maximum Gasteiger partial charge on any atom is 0.253 e. The van der Waals surface area contributed by atoms with Crippen molar-refractivity contribution in [3.63, 3.8) is 0 Å². The van der Waals surface area contributed by atoms with Crippen LogP contribution in [0, 0.1) is 0 Å². The molecule has 3 aromatic rings. The van der Waals surface area contributed by atoms with Gasteiger partial charge in [-0.1, -0.05) is 6.92 Å². The standard InChI is InChI=1S/C21H22N4O3/c1-3-10-28-18-5-4-13(11-19(18)27-2)20-22-8-7-16(25-20)17-12-14-15(24-17)6-9-23-21(14)26/h4-5,7-8,11-12,24H,3,6,9-10H2,1-2H3,(H,23,26). The summed E-state index contributed by atoms with van der Waals surface area (Å²) in [6.07, 6.45) is 3.43. The summed E-state index contributed by atoms with van der Waals surface area (Å²) in [7, 11) is 1.61. The molecule has 2 aromatic heterocycles. The lowest BCUT2D eigenvalue weighted by Crippen LogP contribution is -2.31. The quantitative estimate of drug-likeness (QED) is 0.687. The lowest BCUT2D eigenvalue weighted by atomic mass is 10.1. The number of aromatic amines is 1. The second kappa shape index (κ2) is 7.72. The molecule has 0 atom stereocenters. The number of carbonyl (C=O) groups excluding carboxylic acids is 1. The summed E-state index contributed by atoms with van der Waals surface area (Å²) in [5.41, 5.74) is 3.99. The highest BCUT2D eigenvalue weighted by Gasteiger charge is 2.20. The molecule has 0 aliphatic carbocycles. The smallest absolute Gasteiger partial charge is 0.253 e. The first-order valence-electron chi connectivity index (χ1n) is 9.34. The molecule has 0 fully saturated rings. The number of aromatic nitrogens is 3. The van der Waals surface area contributed by atoms with Gasteiger partial charge in [0.2, 0.25) is 0 Å². The van der Waals surface area contributed by atoms with Crippen molar-refractivity contribution in [2.75, 3.05) is 20.3 Å². The molecule has 7 nitrogen and oxygen atoms in total. The number of benzene rings is 1. The summed E-state index contributed by atoms with van der Waals surface area (Å²) in [5.74, 6) is 1.87. The third-order valence-corrected chi connectivity index (χ3v) is 4.62. The number of hydrogen-bond acceptors (Lipinski definition) is 5. The number of hydrogen-bond donors (Lipinski definition) is 2. The number of methoxy groups -OCH3 is 1. The van der Waals surface area contributed by atoms with Gasteiger partial charge in [0.25, 0.3) is 5.91 Å². The molecule has 2 N–H and O–H groups in total. The van der Waals surface area contributed by atoms with Crippen molar-refractivity contribution in [3.05, 3.63) is 47.8 Å². The number of nitrogens with one attached hydrogen (secondary N) is 2. The molecular formula is C21H22N4O3. The van der Waals surface area contributed by atoms with Crippen LogP contribution >= 0.6 is 0 Å². The molecule has 0 unspecified atom stereocenters. The maximum atomic E-state index is 12.0. The molecule has 0 saturated carbocycles. The highest BCUT2D eigenvalue weighted by atomic mass is 16.5. The van der Waals surface area contributed by atoms with Crippen LogP contribution in [0.15, 0.2) is 36.5 Å². The van der Waals surface area contributed by atoms with Crippen molar-refractivity contribution in [1.82, 2.24) is 20.3 Å². The summed E-state index contributed by atoms with van der Waals surface area (Å²) < 4.78 is 11.2. The third-order valence-electron chi connectivity index (χ3n) is 4.62. The van der Waals surface area contributed by atoms with Crippen LogP contribution in [0.25, 0.3) is 22.8 Å². The van der Waals surface area contributed by atoms with Gasteiger partial charge in [-0.3, -0.25) is 4.79 Å². The minimum Gasteiger partial charge on any atom is -0.493 e. The Bertz CT molecular complexity index is 1010. The van der Waals surface area contributed by atoms with E-state index >= 15 is 0 Å². The van der Waals surface area contributed by atoms with E-state index in [1.54, 1.807) is 13.3 Å². The monoisotopic (exact) mass is 378 g/mol. The molecule has 0 saturated heterocycles. The molecule has 144 valence electrons. The minimum absolute atomic E-state index is 0.0505. The molecule has 0 bridgehead atoms. The van der Waals surface area contributed by atoms with Gasteiger partial charge >= 0.3 is 0 Å². The molecule has 1 aromatic carbocycles. The highest BCUT2D eigenvalue weighted by Crippen LogP contribution is 2.32. The Morgan fingerprint density at radius 1 is 1.18 bits per heavy atom. The number of amides is 1. The molecule has 1 aliphatic heterocycles. The lowest BCUT2D eigenvalue weighted by molar-refractivity contribution is 0.0946. The second-order valence-electron chi connectivity index (χ2n) is 6.56. The molecule has 0 spiro atoms. The van der Waals surface area contributed by atoms with Crippen LogP contribution < -0.4 is 14.8 Å². The molecule has 0 radical (unpaired) electrons. The van der Waals surface area contributed by atoms with Crippen molar-refractivity contribution in [1.29, 1.82) is 0 Å². The number of H-pyrrole nitrogens is 1. The van der Waals surface area contributed by atoms with Crippen molar-refractivity contribution < 1.29 is 14.3 Å². The van der Waals surface area contributed by atoms with Crippen molar-refractivity contribution in [2.24, 2.45) is 0 Å². The topological polar surface area (TPSA) is 89.1 Å². The minimum atomic E-state index is -0.0505. The van der Waals surface area contributed by atoms with E-state index in [9.17, 15) is 4.79 Å². The van der Waals surface area contributed by atoms with Crippen LogP contribution in [0.3, 0.4) is 0 Å². The van der Waals surface area contributed by atoms with Crippen LogP contribution in [-0.4, -0.2) is 41.1 Å². The van der Waals surface area contributed by atoms with Gasteiger partial charge in [-0.25, -0.2) is 9.97 Å². The van der Waals surface area contributed by atoms with E-state index < -0.39 is 0 Å². The Morgan fingerprint density at radius 3 is 2.86 bits per heavy atom. The van der Waals surface area contributed by atoms with Crippen molar-refractivity contribution in [3.8, 4) is 34.3 Å². The fraction of sp³-hybridized carbons (Fsp3) is 0.286. The van der Waals surface area contributed by atoms with E-state index in [1.165, 1.54) is 0 Å². The van der Waals surface area contributed by atoms with Crippen LogP contribution in [0.5, 0.6) is 11.5 Å². The first-order chi connectivity index (χ1) is 13.7. The molecule has 1 aliphatic rings. The predicted octanol–water partition coefficient (Wildman–Crippen LogP) is 3.22. The zero-order valence-electron chi connectivity index (χ0n) is 15.9. The molecule has 4 rings (SSSR count). The normalized spacial score (nSPS) is 13.0. The Hall–Kier alpha value is -3.35. The maximum absolute atomic E-state index is 12.0. The van der Waals surface area contributed by atoms with Gasteiger partial charge in [-0.15, -0.1) is 0 Å². The number of nitrogens with zero attached hydrogens (tertiary/aromatic N) is 2. The zero-order valence-corrected chi connectivity index (χ0v) is 15.9. The van der Waals surface area contributed by atoms with Gasteiger partial charge in [0.15, 0.2) is 17.3 Å². The van der Waals surface area contributed by atoms with Crippen molar-refractivity contribution >= 4 is 5.91 Å². The number of fused-ring (bicyclic) bond motifs is 1. The van der Waals surface area contributed by atoms with E-state index in [1.807, 2.05) is 30.3 Å². The Morgan fingerprint density at radius 2 is 2.07 bits per heavy atom. The van der Waals surface area contributed by atoms with Crippen molar-refractivity contribution in [2.45, 2.75) is 19.8 Å². The van der Waals surface area contributed by atoms with Gasteiger partial charge in [-0.2, -0.15) is 0 Å². The molecule has 3 heterocycles. The summed E-state index contributed by atoms with van der Waals surface area (Å²) in [6, 6.07) is 9.33. The van der Waals surface area contributed by atoms with Gasteiger partial charge in [0, 0.05) is 30.4 Å². The fourth-order valence-corrected chi connectivity index (χ4v) is 3.22. The second-order valence-corrected chi connectivity index (χ2v) is 6.56. The van der Waals surface area contributed by atoms with Gasteiger partial charge in [-0.05, 0) is 36.8 Å². The largest absolute Gasteiger partial charge is 0.493 e. The molecule has 7 heteroatoms. The summed E-state index contributed by atoms with van der Waals surface area (Å²) in [5, 5.41) is 2.86. The number of carbonyl (C=O) groups is 1. The van der Waals surface area contributed by atoms with Gasteiger partial charge < -0.3 is 19.8 Å². The molecule has 1 amide bonds. The molecular weight excluding hydrogens is 356 g/mol. The third kappa shape index (κ3) is 3.43. The van der Waals surface area contributed by atoms with Gasteiger partial charge in [0.1, 0.15) is 0 Å². The lowest BCUT2D eigenvalue weighted by Gasteiger charge is -2.11. The molecule has 28 heavy (non-hydrogen) atoms. The van der Waals surface area contributed by atoms with E-state index in [-0.39, 0.29) is 5.91 Å². The number of rotatable bonds is 6. The Balaban J connectivity index is 1.67. The van der Waals surface area contributed by atoms with Crippen LogP contribution in [0.4, 0.5) is 0 Å². The fourth-order valence-electron chi connectivity index (χ4n) is 3.22. The van der Waals surface area contributed by atoms with Crippen LogP contribution in [0.1, 0.15) is 29.4 Å². The average Bonchev–Trinajstić information content (AvgIpc) is 3.18. The SMILES string of the molecule is CCCOc1ccc(-c2nccc(-c3cc4c([nH]3)CCNC4=O)n2)cc1OC. The summed E-state index contributed by atoms with van der Waals surface area (Å²) >= 11 is 0. The van der Waals surface area contributed by atoms with E-state index in [0.717, 1.165) is 35.5 Å².